The Morgan fingerprint density at radius 3 is 2.35 bits per heavy atom. The summed E-state index contributed by atoms with van der Waals surface area (Å²) in [5.74, 6) is 0.640. The van der Waals surface area contributed by atoms with Gasteiger partial charge < -0.3 is 5.73 Å². The van der Waals surface area contributed by atoms with Crippen molar-refractivity contribution in [2.75, 3.05) is 0 Å². The molecule has 1 atom stereocenters. The largest absolute Gasteiger partial charge is 0.324 e. The van der Waals surface area contributed by atoms with Crippen LogP contribution in [0.5, 0.6) is 0 Å². The minimum Gasteiger partial charge on any atom is -0.324 e. The fourth-order valence-corrected chi connectivity index (χ4v) is 3.38. The van der Waals surface area contributed by atoms with Crippen LogP contribution in [0.25, 0.3) is 0 Å². The predicted molar refractivity (Wildman–Crippen MR) is 84.5 cm³/mol. The molecule has 0 aliphatic heterocycles. The summed E-state index contributed by atoms with van der Waals surface area (Å²) in [5.41, 5.74) is 10.6. The number of rotatable bonds is 4. The van der Waals surface area contributed by atoms with Gasteiger partial charge in [0.25, 0.3) is 0 Å². The number of aryl methyl sites for hydroxylation is 2. The van der Waals surface area contributed by atoms with E-state index in [1.807, 2.05) is 13.0 Å². The molecular weight excluding hydrogens is 269 g/mol. The average Bonchev–Trinajstić information content (AvgIpc) is 2.36. The molecule has 0 spiro atoms. The summed E-state index contributed by atoms with van der Waals surface area (Å²) in [7, 11) is 0. The molecule has 0 aromatic heterocycles. The highest BCUT2D eigenvalue weighted by Crippen LogP contribution is 2.30. The third kappa shape index (κ3) is 3.84. The molecule has 2 N–H and O–H groups in total. The number of benzene rings is 2. The van der Waals surface area contributed by atoms with Crippen molar-refractivity contribution >= 4 is 11.8 Å². The first-order chi connectivity index (χ1) is 9.45. The lowest BCUT2D eigenvalue weighted by molar-refractivity contribution is 0.619. The molecule has 2 aromatic rings. The lowest BCUT2D eigenvalue weighted by Gasteiger charge is -2.13. The number of hydrogen-bond donors (Lipinski definition) is 1. The van der Waals surface area contributed by atoms with Crippen LogP contribution in [0.3, 0.4) is 0 Å². The molecule has 0 radical (unpaired) electrons. The highest BCUT2D eigenvalue weighted by molar-refractivity contribution is 7.98. The molecule has 0 unspecified atom stereocenters. The highest BCUT2D eigenvalue weighted by atomic mass is 32.2. The summed E-state index contributed by atoms with van der Waals surface area (Å²) in [5, 5.41) is 0. The molecule has 2 rings (SSSR count). The lowest BCUT2D eigenvalue weighted by atomic mass is 10.1. The maximum Gasteiger partial charge on any atom is 0.123 e. The van der Waals surface area contributed by atoms with Gasteiger partial charge in [0.15, 0.2) is 0 Å². The van der Waals surface area contributed by atoms with Crippen molar-refractivity contribution < 1.29 is 4.39 Å². The van der Waals surface area contributed by atoms with Gasteiger partial charge >= 0.3 is 0 Å². The Labute approximate surface area is 124 Å². The van der Waals surface area contributed by atoms with E-state index in [1.165, 1.54) is 28.8 Å². The van der Waals surface area contributed by atoms with Crippen molar-refractivity contribution in [3.8, 4) is 0 Å². The van der Waals surface area contributed by atoms with Crippen molar-refractivity contribution in [2.45, 2.75) is 37.5 Å². The first-order valence-electron chi connectivity index (χ1n) is 6.70. The third-order valence-electron chi connectivity index (χ3n) is 3.14. The van der Waals surface area contributed by atoms with Crippen LogP contribution in [0.4, 0.5) is 4.39 Å². The summed E-state index contributed by atoms with van der Waals surface area (Å²) < 4.78 is 13.3. The Balaban J connectivity index is 2.18. The quantitative estimate of drug-likeness (QED) is 0.822. The summed E-state index contributed by atoms with van der Waals surface area (Å²) in [4.78, 5) is 1.06. The van der Waals surface area contributed by atoms with Crippen LogP contribution in [0, 0.1) is 19.7 Å². The van der Waals surface area contributed by atoms with Gasteiger partial charge in [-0.15, -0.1) is 11.8 Å². The average molecular weight is 289 g/mol. The van der Waals surface area contributed by atoms with Gasteiger partial charge in [-0.3, -0.25) is 0 Å². The number of hydrogen-bond acceptors (Lipinski definition) is 2. The molecule has 0 aliphatic rings. The van der Waals surface area contributed by atoms with Crippen molar-refractivity contribution in [1.82, 2.24) is 0 Å². The summed E-state index contributed by atoms with van der Waals surface area (Å²) in [6.07, 6.45) is 0. The fraction of sp³-hybridized carbons (Fsp3) is 0.294. The Morgan fingerprint density at radius 1 is 1.10 bits per heavy atom. The van der Waals surface area contributed by atoms with E-state index >= 15 is 0 Å². The molecule has 0 saturated carbocycles. The second kappa shape index (κ2) is 6.42. The molecule has 0 aliphatic carbocycles. The van der Waals surface area contributed by atoms with E-state index in [9.17, 15) is 4.39 Å². The number of nitrogens with two attached hydrogens (primary N) is 1. The van der Waals surface area contributed by atoms with Crippen molar-refractivity contribution in [3.05, 3.63) is 64.5 Å². The van der Waals surface area contributed by atoms with E-state index in [0.29, 0.717) is 0 Å². The first-order valence-corrected chi connectivity index (χ1v) is 7.69. The second-order valence-electron chi connectivity index (χ2n) is 5.26. The SMILES string of the molecule is Cc1cc(C)cc(CSc2ccc(F)cc2[C@H](C)N)c1. The van der Waals surface area contributed by atoms with E-state index in [2.05, 4.69) is 32.0 Å². The zero-order chi connectivity index (χ0) is 14.7. The number of halogens is 1. The molecule has 0 fully saturated rings. The van der Waals surface area contributed by atoms with E-state index in [0.717, 1.165) is 16.2 Å². The standard InChI is InChI=1S/C17H20FNS/c1-11-6-12(2)8-14(7-11)10-20-17-5-4-15(18)9-16(17)13(3)19/h4-9,13H,10,19H2,1-3H3/t13-/m0/s1. The monoisotopic (exact) mass is 289 g/mol. The van der Waals surface area contributed by atoms with Crippen LogP contribution in [0.15, 0.2) is 41.3 Å². The molecule has 3 heteroatoms. The van der Waals surface area contributed by atoms with Crippen LogP contribution in [0.2, 0.25) is 0 Å². The zero-order valence-electron chi connectivity index (χ0n) is 12.1. The summed E-state index contributed by atoms with van der Waals surface area (Å²) in [6, 6.07) is 11.2. The molecule has 0 heterocycles. The van der Waals surface area contributed by atoms with Gasteiger partial charge in [-0.05, 0) is 50.1 Å². The fourth-order valence-electron chi connectivity index (χ4n) is 2.32. The van der Waals surface area contributed by atoms with Crippen LogP contribution >= 0.6 is 11.8 Å². The normalized spacial score (nSPS) is 12.4. The first kappa shape index (κ1) is 15.1. The van der Waals surface area contributed by atoms with E-state index in [4.69, 9.17) is 5.73 Å². The Morgan fingerprint density at radius 2 is 1.75 bits per heavy atom. The molecule has 0 amide bonds. The lowest BCUT2D eigenvalue weighted by Crippen LogP contribution is -2.07. The van der Waals surface area contributed by atoms with Gasteiger partial charge in [0.2, 0.25) is 0 Å². The van der Waals surface area contributed by atoms with E-state index in [1.54, 1.807) is 11.8 Å². The Bertz CT molecular complexity index is 588. The number of thioether (sulfide) groups is 1. The summed E-state index contributed by atoms with van der Waals surface area (Å²) >= 11 is 1.71. The predicted octanol–water partition coefficient (Wildman–Crippen LogP) is 4.75. The van der Waals surface area contributed by atoms with Crippen LogP contribution in [-0.4, -0.2) is 0 Å². The van der Waals surface area contributed by atoms with Crippen molar-refractivity contribution in [3.63, 3.8) is 0 Å². The Hall–Kier alpha value is -1.32. The van der Waals surface area contributed by atoms with Gasteiger partial charge in [0.1, 0.15) is 5.82 Å². The Kier molecular flexibility index (Phi) is 4.84. The highest BCUT2D eigenvalue weighted by Gasteiger charge is 2.09. The molecule has 0 saturated heterocycles. The molecule has 0 bridgehead atoms. The molecule has 2 aromatic carbocycles. The maximum atomic E-state index is 13.3. The second-order valence-corrected chi connectivity index (χ2v) is 6.27. The van der Waals surface area contributed by atoms with Gasteiger partial charge in [-0.1, -0.05) is 29.3 Å². The smallest absolute Gasteiger partial charge is 0.123 e. The minimum atomic E-state index is -0.229. The van der Waals surface area contributed by atoms with E-state index < -0.39 is 0 Å². The maximum absolute atomic E-state index is 13.3. The van der Waals surface area contributed by atoms with Gasteiger partial charge in [0, 0.05) is 16.7 Å². The van der Waals surface area contributed by atoms with Crippen LogP contribution in [-0.2, 0) is 5.75 Å². The molecular formula is C17H20FNS. The van der Waals surface area contributed by atoms with Gasteiger partial charge in [-0.2, -0.15) is 0 Å². The van der Waals surface area contributed by atoms with Crippen molar-refractivity contribution in [2.24, 2.45) is 5.73 Å². The topological polar surface area (TPSA) is 26.0 Å². The molecule has 20 heavy (non-hydrogen) atoms. The third-order valence-corrected chi connectivity index (χ3v) is 4.30. The van der Waals surface area contributed by atoms with E-state index in [-0.39, 0.29) is 11.9 Å². The molecule has 106 valence electrons. The van der Waals surface area contributed by atoms with Crippen molar-refractivity contribution in [1.29, 1.82) is 0 Å². The van der Waals surface area contributed by atoms with Crippen LogP contribution in [0.1, 0.15) is 35.2 Å². The van der Waals surface area contributed by atoms with Gasteiger partial charge in [-0.25, -0.2) is 4.39 Å². The zero-order valence-corrected chi connectivity index (χ0v) is 12.9. The minimum absolute atomic E-state index is 0.160. The van der Waals surface area contributed by atoms with Gasteiger partial charge in [0.05, 0.1) is 0 Å². The molecule has 1 nitrogen and oxygen atoms in total. The van der Waals surface area contributed by atoms with Crippen LogP contribution < -0.4 is 5.73 Å². The summed E-state index contributed by atoms with van der Waals surface area (Å²) in [6.45, 7) is 6.09.